The minimum Gasteiger partial charge on any atom is -0.352 e. The Morgan fingerprint density at radius 1 is 1.21 bits per heavy atom. The number of nitrogens with zero attached hydrogens (tertiary/aromatic N) is 9. The Morgan fingerprint density at radius 2 is 1.93 bits per heavy atom. The van der Waals surface area contributed by atoms with E-state index in [0.717, 1.165) is 16.9 Å². The normalized spacial score (nSPS) is 14.6. The molecule has 3 aromatic rings. The first-order chi connectivity index (χ1) is 13.9. The van der Waals surface area contributed by atoms with Gasteiger partial charge in [-0.25, -0.2) is 9.97 Å². The van der Waals surface area contributed by atoms with E-state index in [9.17, 15) is 14.9 Å². The van der Waals surface area contributed by atoms with E-state index in [1.165, 1.54) is 11.0 Å². The summed E-state index contributed by atoms with van der Waals surface area (Å²) in [7, 11) is 1.83. The van der Waals surface area contributed by atoms with Crippen molar-refractivity contribution < 1.29 is 9.72 Å². The number of hydrogen-bond donors (Lipinski definition) is 0. The Labute approximate surface area is 165 Å². The molecule has 0 unspecified atom stereocenters. The van der Waals surface area contributed by atoms with E-state index in [1.807, 2.05) is 7.05 Å². The van der Waals surface area contributed by atoms with Crippen LogP contribution in [-0.2, 0) is 18.4 Å². The van der Waals surface area contributed by atoms with Crippen molar-refractivity contribution in [1.29, 1.82) is 0 Å². The topological polar surface area (TPSA) is 128 Å². The minimum absolute atomic E-state index is 0.0130. The molecule has 1 aliphatic heterocycles. The molecule has 12 nitrogen and oxygen atoms in total. The second kappa shape index (κ2) is 7.11. The summed E-state index contributed by atoms with van der Waals surface area (Å²) >= 11 is 0. The van der Waals surface area contributed by atoms with Gasteiger partial charge in [-0.2, -0.15) is 10.2 Å². The summed E-state index contributed by atoms with van der Waals surface area (Å²) in [6.45, 7) is 5.50. The summed E-state index contributed by atoms with van der Waals surface area (Å²) in [5.74, 6) is 0.698. The fraction of sp³-hybridized carbons (Fsp3) is 0.471. The molecular weight excluding hydrogens is 378 g/mol. The van der Waals surface area contributed by atoms with Gasteiger partial charge < -0.3 is 9.80 Å². The summed E-state index contributed by atoms with van der Waals surface area (Å²) in [5.41, 5.74) is 1.43. The number of aromatic nitrogens is 6. The third-order valence-electron chi connectivity index (χ3n) is 5.25. The second-order valence-corrected chi connectivity index (χ2v) is 7.00. The van der Waals surface area contributed by atoms with Crippen molar-refractivity contribution in [1.82, 2.24) is 34.4 Å². The number of anilines is 1. The van der Waals surface area contributed by atoms with E-state index in [1.54, 1.807) is 29.6 Å². The lowest BCUT2D eigenvalue weighted by Gasteiger charge is -2.35. The van der Waals surface area contributed by atoms with Crippen molar-refractivity contribution in [3.8, 4) is 0 Å². The van der Waals surface area contributed by atoms with E-state index < -0.39 is 4.92 Å². The number of hydrogen-bond acceptors (Lipinski definition) is 8. The van der Waals surface area contributed by atoms with Crippen molar-refractivity contribution in [2.75, 3.05) is 31.1 Å². The van der Waals surface area contributed by atoms with Crippen molar-refractivity contribution in [2.45, 2.75) is 20.4 Å². The first kappa shape index (κ1) is 18.8. The highest BCUT2D eigenvalue weighted by atomic mass is 16.6. The molecule has 1 amide bonds. The predicted molar refractivity (Wildman–Crippen MR) is 103 cm³/mol. The molecule has 0 aromatic carbocycles. The molecular formula is C17H21N9O3. The largest absolute Gasteiger partial charge is 0.352 e. The summed E-state index contributed by atoms with van der Waals surface area (Å²) in [6.07, 6.45) is 3.27. The molecule has 0 saturated carbocycles. The number of aryl methyl sites for hydroxylation is 2. The van der Waals surface area contributed by atoms with Crippen LogP contribution in [0.5, 0.6) is 0 Å². The SMILES string of the molecule is Cc1nn(CC(=O)N2CCN(c3ncnc4c3cnn4C)CC2)c(C)c1[N+](=O)[O-]. The third-order valence-corrected chi connectivity index (χ3v) is 5.25. The van der Waals surface area contributed by atoms with Gasteiger partial charge in [-0.05, 0) is 13.8 Å². The van der Waals surface area contributed by atoms with Crippen LogP contribution in [0.4, 0.5) is 11.5 Å². The van der Waals surface area contributed by atoms with Crippen molar-refractivity contribution in [3.63, 3.8) is 0 Å². The molecule has 1 aliphatic rings. The quantitative estimate of drug-likeness (QED) is 0.456. The van der Waals surface area contributed by atoms with Gasteiger partial charge in [-0.1, -0.05) is 0 Å². The maximum absolute atomic E-state index is 12.7. The highest BCUT2D eigenvalue weighted by molar-refractivity contribution is 5.86. The zero-order chi connectivity index (χ0) is 20.7. The monoisotopic (exact) mass is 399 g/mol. The van der Waals surface area contributed by atoms with Crippen molar-refractivity contribution in [2.24, 2.45) is 7.05 Å². The fourth-order valence-electron chi connectivity index (χ4n) is 3.70. The maximum atomic E-state index is 12.7. The van der Waals surface area contributed by atoms with Crippen LogP contribution in [0.15, 0.2) is 12.5 Å². The van der Waals surface area contributed by atoms with Crippen LogP contribution in [0.25, 0.3) is 11.0 Å². The van der Waals surface area contributed by atoms with Crippen LogP contribution >= 0.6 is 0 Å². The number of amides is 1. The van der Waals surface area contributed by atoms with Gasteiger partial charge in [-0.3, -0.25) is 24.3 Å². The number of piperazine rings is 1. The molecule has 1 saturated heterocycles. The fourth-order valence-corrected chi connectivity index (χ4v) is 3.70. The molecule has 0 spiro atoms. The predicted octanol–water partition coefficient (Wildman–Crippen LogP) is 0.434. The molecule has 0 N–H and O–H groups in total. The standard InChI is InChI=1S/C17H21N9O3/c1-11-15(26(28)29)12(2)25(21-11)9-14(27)23-4-6-24(7-5-23)17-13-8-20-22(3)16(13)18-10-19-17/h8,10H,4-7,9H2,1-3H3. The molecule has 0 radical (unpaired) electrons. The number of carbonyl (C=O) groups excluding carboxylic acids is 1. The molecule has 1 fully saturated rings. The molecule has 0 bridgehead atoms. The van der Waals surface area contributed by atoms with E-state index >= 15 is 0 Å². The van der Waals surface area contributed by atoms with Crippen LogP contribution in [0.2, 0.25) is 0 Å². The lowest BCUT2D eigenvalue weighted by atomic mass is 10.2. The number of fused-ring (bicyclic) bond motifs is 1. The van der Waals surface area contributed by atoms with Crippen molar-refractivity contribution >= 4 is 28.4 Å². The van der Waals surface area contributed by atoms with Crippen molar-refractivity contribution in [3.05, 3.63) is 34.0 Å². The van der Waals surface area contributed by atoms with Crippen LogP contribution in [0.3, 0.4) is 0 Å². The molecule has 12 heteroatoms. The van der Waals surface area contributed by atoms with Crippen LogP contribution < -0.4 is 4.90 Å². The van der Waals surface area contributed by atoms with Crippen LogP contribution in [-0.4, -0.2) is 71.4 Å². The Kier molecular flexibility index (Phi) is 4.60. The summed E-state index contributed by atoms with van der Waals surface area (Å²) in [4.78, 5) is 35.9. The van der Waals surface area contributed by atoms with Crippen LogP contribution in [0, 0.1) is 24.0 Å². The Morgan fingerprint density at radius 3 is 2.59 bits per heavy atom. The smallest absolute Gasteiger partial charge is 0.312 e. The Hall–Kier alpha value is -3.57. The van der Waals surface area contributed by atoms with Gasteiger partial charge in [0.05, 0.1) is 16.5 Å². The minimum atomic E-state index is -0.460. The molecule has 152 valence electrons. The second-order valence-electron chi connectivity index (χ2n) is 7.00. The first-order valence-corrected chi connectivity index (χ1v) is 9.20. The van der Waals surface area contributed by atoms with E-state index in [-0.39, 0.29) is 18.1 Å². The summed E-state index contributed by atoms with van der Waals surface area (Å²) in [6, 6.07) is 0. The first-order valence-electron chi connectivity index (χ1n) is 9.20. The van der Waals surface area contributed by atoms with Crippen LogP contribution in [0.1, 0.15) is 11.4 Å². The Bertz CT molecular complexity index is 1100. The molecule has 3 aromatic heterocycles. The van der Waals surface area contributed by atoms with Gasteiger partial charge >= 0.3 is 5.69 Å². The molecule has 4 heterocycles. The highest BCUT2D eigenvalue weighted by Crippen LogP contribution is 2.24. The lowest BCUT2D eigenvalue weighted by Crippen LogP contribution is -2.50. The van der Waals surface area contributed by atoms with Gasteiger partial charge in [0.1, 0.15) is 30.1 Å². The number of nitro groups is 1. The molecule has 4 rings (SSSR count). The van der Waals surface area contributed by atoms with E-state index in [2.05, 4.69) is 25.1 Å². The van der Waals surface area contributed by atoms with Gasteiger partial charge in [0.15, 0.2) is 5.65 Å². The zero-order valence-electron chi connectivity index (χ0n) is 16.4. The van der Waals surface area contributed by atoms with Gasteiger partial charge in [0.25, 0.3) is 0 Å². The molecule has 0 atom stereocenters. The number of carbonyl (C=O) groups is 1. The number of rotatable bonds is 4. The summed E-state index contributed by atoms with van der Waals surface area (Å²) < 4.78 is 3.11. The maximum Gasteiger partial charge on any atom is 0.312 e. The highest BCUT2D eigenvalue weighted by Gasteiger charge is 2.27. The van der Waals surface area contributed by atoms with Gasteiger partial charge in [0.2, 0.25) is 5.91 Å². The van der Waals surface area contributed by atoms with Gasteiger partial charge in [-0.15, -0.1) is 0 Å². The third kappa shape index (κ3) is 3.26. The summed E-state index contributed by atoms with van der Waals surface area (Å²) in [5, 5.41) is 20.4. The average molecular weight is 399 g/mol. The lowest BCUT2D eigenvalue weighted by molar-refractivity contribution is -0.386. The zero-order valence-corrected chi connectivity index (χ0v) is 16.4. The van der Waals surface area contributed by atoms with E-state index in [4.69, 9.17) is 0 Å². The molecule has 29 heavy (non-hydrogen) atoms. The average Bonchev–Trinajstić information content (AvgIpc) is 3.21. The van der Waals surface area contributed by atoms with E-state index in [0.29, 0.717) is 37.6 Å². The Balaban J connectivity index is 1.44. The van der Waals surface area contributed by atoms with Gasteiger partial charge in [0, 0.05) is 33.2 Å². The molecule has 0 aliphatic carbocycles.